The van der Waals surface area contributed by atoms with E-state index < -0.39 is 26.4 Å². The average Bonchev–Trinajstić information content (AvgIpc) is 1.96. The molecule has 0 saturated heterocycles. The van der Waals surface area contributed by atoms with E-state index in [0.717, 1.165) is 12.1 Å². The molecule has 0 heterocycles. The summed E-state index contributed by atoms with van der Waals surface area (Å²) < 4.78 is 46.9. The third kappa shape index (κ3) is 3.08. The Morgan fingerprint density at radius 1 is 1.29 bits per heavy atom. The molecule has 1 aromatic rings. The zero-order valence-electron chi connectivity index (χ0n) is 6.60. The van der Waals surface area contributed by atoms with Gasteiger partial charge in [-0.1, -0.05) is 11.6 Å². The van der Waals surface area contributed by atoms with Crippen LogP contribution >= 0.6 is 22.3 Å². The largest absolute Gasteiger partial charge is 0.236 e. The van der Waals surface area contributed by atoms with Gasteiger partial charge in [-0.05, 0) is 12.1 Å². The van der Waals surface area contributed by atoms with Crippen LogP contribution in [0, 0.1) is 11.6 Å². The van der Waals surface area contributed by atoms with Crippen molar-refractivity contribution in [1.82, 2.24) is 0 Å². The number of rotatable bonds is 2. The summed E-state index contributed by atoms with van der Waals surface area (Å²) >= 11 is 5.41. The maximum Gasteiger partial charge on any atom is 0.236 e. The Labute approximate surface area is 88.9 Å². The van der Waals surface area contributed by atoms with Crippen molar-refractivity contribution < 1.29 is 17.2 Å². The molecule has 0 spiro atoms. The van der Waals surface area contributed by atoms with E-state index >= 15 is 0 Å². The highest BCUT2D eigenvalue weighted by Gasteiger charge is 2.15. The lowest BCUT2D eigenvalue weighted by Gasteiger charge is -2.02. The average molecular weight is 261 g/mol. The Morgan fingerprint density at radius 2 is 1.86 bits per heavy atom. The molecule has 0 radical (unpaired) electrons. The second-order valence-electron chi connectivity index (χ2n) is 2.54. The van der Waals surface area contributed by atoms with Crippen LogP contribution in [-0.2, 0) is 14.8 Å². The quantitative estimate of drug-likeness (QED) is 0.605. The van der Waals surface area contributed by atoms with Crippen molar-refractivity contribution in [3.05, 3.63) is 34.4 Å². The van der Waals surface area contributed by atoms with Crippen LogP contribution in [-0.4, -0.2) is 8.42 Å². The van der Waals surface area contributed by atoms with Crippen LogP contribution < -0.4 is 0 Å². The molecule has 2 nitrogen and oxygen atoms in total. The lowest BCUT2D eigenvalue weighted by molar-refractivity contribution is 0.501. The summed E-state index contributed by atoms with van der Waals surface area (Å²) in [6, 6.07) is 1.77. The van der Waals surface area contributed by atoms with Gasteiger partial charge in [-0.2, -0.15) is 0 Å². The van der Waals surface area contributed by atoms with Crippen LogP contribution in [0.3, 0.4) is 0 Å². The van der Waals surface area contributed by atoms with Gasteiger partial charge in [-0.15, -0.1) is 0 Å². The Hall–Kier alpha value is -0.390. The van der Waals surface area contributed by atoms with E-state index in [1.807, 2.05) is 0 Å². The molecule has 1 aromatic carbocycles. The minimum absolute atomic E-state index is 0.0841. The number of hydrogen-bond acceptors (Lipinski definition) is 2. The highest BCUT2D eigenvalue weighted by atomic mass is 35.7. The lowest BCUT2D eigenvalue weighted by Crippen LogP contribution is -2.00. The Bertz CT molecular complexity index is 459. The van der Waals surface area contributed by atoms with Crippen molar-refractivity contribution in [3.8, 4) is 0 Å². The van der Waals surface area contributed by atoms with Crippen molar-refractivity contribution in [3.63, 3.8) is 0 Å². The molecule has 0 unspecified atom stereocenters. The summed E-state index contributed by atoms with van der Waals surface area (Å²) in [5, 5.41) is -0.0841. The van der Waals surface area contributed by atoms with E-state index in [2.05, 4.69) is 0 Å². The maximum absolute atomic E-state index is 13.0. The molecule has 14 heavy (non-hydrogen) atoms. The summed E-state index contributed by atoms with van der Waals surface area (Å²) in [6.07, 6.45) is 0. The fourth-order valence-corrected chi connectivity index (χ4v) is 2.06. The molecule has 0 N–H and O–H groups in total. The van der Waals surface area contributed by atoms with Gasteiger partial charge in [0.25, 0.3) is 0 Å². The van der Waals surface area contributed by atoms with Gasteiger partial charge in [-0.3, -0.25) is 0 Å². The molecule has 1 rings (SSSR count). The SMILES string of the molecule is O=S(=O)(Cl)Cc1cc(Cl)cc(F)c1F. The monoisotopic (exact) mass is 260 g/mol. The van der Waals surface area contributed by atoms with Crippen LogP contribution in [0.15, 0.2) is 12.1 Å². The van der Waals surface area contributed by atoms with Gasteiger partial charge in [-0.25, -0.2) is 17.2 Å². The Kier molecular flexibility index (Phi) is 3.34. The molecule has 7 heteroatoms. The molecule has 0 amide bonds. The van der Waals surface area contributed by atoms with Crippen LogP contribution in [0.1, 0.15) is 5.56 Å². The van der Waals surface area contributed by atoms with Gasteiger partial charge in [0.2, 0.25) is 9.05 Å². The normalized spacial score (nSPS) is 11.7. The second-order valence-corrected chi connectivity index (χ2v) is 5.76. The maximum atomic E-state index is 13.0. The smallest absolute Gasteiger partial charge is 0.212 e. The van der Waals surface area contributed by atoms with Crippen molar-refractivity contribution in [1.29, 1.82) is 0 Å². The third-order valence-electron chi connectivity index (χ3n) is 1.40. The molecular weight excluding hydrogens is 257 g/mol. The van der Waals surface area contributed by atoms with Gasteiger partial charge in [0.1, 0.15) is 0 Å². The van der Waals surface area contributed by atoms with Gasteiger partial charge in [0.05, 0.1) is 5.75 Å². The van der Waals surface area contributed by atoms with Gasteiger partial charge in [0.15, 0.2) is 11.6 Å². The zero-order chi connectivity index (χ0) is 10.9. The van der Waals surface area contributed by atoms with Crippen LogP contribution in [0.2, 0.25) is 5.02 Å². The fraction of sp³-hybridized carbons (Fsp3) is 0.143. The molecule has 0 fully saturated rings. The van der Waals surface area contributed by atoms with Gasteiger partial charge in [0, 0.05) is 21.3 Å². The summed E-state index contributed by atoms with van der Waals surface area (Å²) in [6.45, 7) is 0. The predicted molar refractivity (Wildman–Crippen MR) is 49.8 cm³/mol. The molecule has 0 aromatic heterocycles. The van der Waals surface area contributed by atoms with Gasteiger partial charge < -0.3 is 0 Å². The van der Waals surface area contributed by atoms with Gasteiger partial charge >= 0.3 is 0 Å². The van der Waals surface area contributed by atoms with E-state index in [9.17, 15) is 17.2 Å². The van der Waals surface area contributed by atoms with Crippen molar-refractivity contribution in [2.24, 2.45) is 0 Å². The van der Waals surface area contributed by atoms with Crippen LogP contribution in [0.25, 0.3) is 0 Å². The lowest BCUT2D eigenvalue weighted by atomic mass is 10.2. The topological polar surface area (TPSA) is 34.1 Å². The molecule has 0 aliphatic heterocycles. The van der Waals surface area contributed by atoms with Crippen molar-refractivity contribution >= 4 is 31.3 Å². The number of benzene rings is 1. The summed E-state index contributed by atoms with van der Waals surface area (Å²) in [5.74, 6) is -3.25. The van der Waals surface area contributed by atoms with E-state index in [1.54, 1.807) is 0 Å². The first kappa shape index (κ1) is 11.7. The molecule has 78 valence electrons. The van der Waals surface area contributed by atoms with E-state index in [4.69, 9.17) is 22.3 Å². The summed E-state index contributed by atoms with van der Waals surface area (Å²) in [4.78, 5) is 0. The molecule has 0 aliphatic carbocycles. The minimum atomic E-state index is -3.93. The molecule has 0 aliphatic rings. The molecule has 0 atom stereocenters. The fourth-order valence-electron chi connectivity index (χ4n) is 0.900. The molecule has 0 bridgehead atoms. The standard InChI is InChI=1S/C7H4Cl2F2O2S/c8-5-1-4(3-14(9,12)13)7(11)6(10)2-5/h1-2H,3H2. The first-order valence-corrected chi connectivity index (χ1v) is 6.21. The first-order chi connectivity index (χ1) is 6.29. The minimum Gasteiger partial charge on any atom is -0.212 e. The van der Waals surface area contributed by atoms with Crippen LogP contribution in [0.4, 0.5) is 8.78 Å². The Morgan fingerprint density at radius 3 is 2.36 bits per heavy atom. The zero-order valence-corrected chi connectivity index (χ0v) is 8.93. The second kappa shape index (κ2) is 4.00. The first-order valence-electron chi connectivity index (χ1n) is 3.35. The predicted octanol–water partition coefficient (Wildman–Crippen LogP) is 2.69. The highest BCUT2D eigenvalue weighted by molar-refractivity contribution is 8.13. The third-order valence-corrected chi connectivity index (χ3v) is 2.60. The van der Waals surface area contributed by atoms with Crippen molar-refractivity contribution in [2.45, 2.75) is 5.75 Å². The van der Waals surface area contributed by atoms with Crippen molar-refractivity contribution in [2.75, 3.05) is 0 Å². The van der Waals surface area contributed by atoms with E-state index in [1.165, 1.54) is 0 Å². The molecular formula is C7H4Cl2F2O2S. The summed E-state index contributed by atoms with van der Waals surface area (Å²) in [5.41, 5.74) is -0.384. The van der Waals surface area contributed by atoms with E-state index in [-0.39, 0.29) is 10.6 Å². The summed E-state index contributed by atoms with van der Waals surface area (Å²) in [7, 11) is 0.958. The number of hydrogen-bond donors (Lipinski definition) is 0. The molecule has 0 saturated carbocycles. The van der Waals surface area contributed by atoms with Crippen LogP contribution in [0.5, 0.6) is 0 Å². The number of halogens is 4. The van der Waals surface area contributed by atoms with E-state index in [0.29, 0.717) is 0 Å². The Balaban J connectivity index is 3.22. The highest BCUT2D eigenvalue weighted by Crippen LogP contribution is 2.21.